The number of methoxy groups -OCH3 is 1. The van der Waals surface area contributed by atoms with Crippen molar-refractivity contribution in [1.29, 1.82) is 0 Å². The van der Waals surface area contributed by atoms with Crippen LogP contribution in [0.1, 0.15) is 12.0 Å². The first kappa shape index (κ1) is 13.6. The largest absolute Gasteiger partial charge is 0.453 e. The lowest BCUT2D eigenvalue weighted by Crippen LogP contribution is -2.35. The molecular formula is C13H16ClNO2. The van der Waals surface area contributed by atoms with E-state index in [2.05, 4.69) is 16.6 Å². The fraction of sp³-hybridized carbons (Fsp3) is 0.308. The molecule has 0 unspecified atom stereocenters. The van der Waals surface area contributed by atoms with Crippen LogP contribution in [-0.2, 0) is 11.2 Å². The van der Waals surface area contributed by atoms with Crippen molar-refractivity contribution in [3.63, 3.8) is 0 Å². The molecule has 0 spiro atoms. The summed E-state index contributed by atoms with van der Waals surface area (Å²) < 4.78 is 4.58. The van der Waals surface area contributed by atoms with E-state index < -0.39 is 6.09 Å². The lowest BCUT2D eigenvalue weighted by molar-refractivity contribution is 0.166. The predicted molar refractivity (Wildman–Crippen MR) is 69.3 cm³/mol. The molecule has 0 radical (unpaired) electrons. The summed E-state index contributed by atoms with van der Waals surface area (Å²) in [7, 11) is 1.35. The lowest BCUT2D eigenvalue weighted by atomic mass is 10.0. The third-order valence-electron chi connectivity index (χ3n) is 2.35. The van der Waals surface area contributed by atoms with Crippen LogP contribution in [0.4, 0.5) is 4.79 Å². The van der Waals surface area contributed by atoms with Crippen LogP contribution in [0, 0.1) is 0 Å². The van der Waals surface area contributed by atoms with Gasteiger partial charge in [0, 0.05) is 11.1 Å². The highest BCUT2D eigenvalue weighted by molar-refractivity contribution is 6.30. The van der Waals surface area contributed by atoms with Crippen LogP contribution in [0.2, 0.25) is 5.02 Å². The molecule has 3 nitrogen and oxygen atoms in total. The van der Waals surface area contributed by atoms with Crippen LogP contribution < -0.4 is 5.32 Å². The second kappa shape index (κ2) is 6.97. The summed E-state index contributed by atoms with van der Waals surface area (Å²) in [5.41, 5.74) is 1.11. The Balaban J connectivity index is 2.62. The number of benzene rings is 1. The van der Waals surface area contributed by atoms with E-state index in [1.54, 1.807) is 6.08 Å². The second-order valence-electron chi connectivity index (χ2n) is 3.69. The molecule has 0 heterocycles. The van der Waals surface area contributed by atoms with Crippen molar-refractivity contribution in [3.8, 4) is 0 Å². The minimum atomic E-state index is -0.425. The highest BCUT2D eigenvalue weighted by Crippen LogP contribution is 2.12. The van der Waals surface area contributed by atoms with Gasteiger partial charge in [-0.2, -0.15) is 0 Å². The summed E-state index contributed by atoms with van der Waals surface area (Å²) >= 11 is 5.81. The number of alkyl carbamates (subject to hydrolysis) is 1. The average molecular weight is 254 g/mol. The first-order chi connectivity index (χ1) is 8.15. The summed E-state index contributed by atoms with van der Waals surface area (Å²) in [6.07, 6.45) is 2.76. The molecule has 0 aromatic heterocycles. The molecule has 1 aromatic rings. The van der Waals surface area contributed by atoms with Gasteiger partial charge in [-0.3, -0.25) is 0 Å². The number of halogens is 1. The van der Waals surface area contributed by atoms with Gasteiger partial charge in [0.25, 0.3) is 0 Å². The summed E-state index contributed by atoms with van der Waals surface area (Å²) in [6.45, 7) is 3.68. The lowest BCUT2D eigenvalue weighted by Gasteiger charge is -2.16. The van der Waals surface area contributed by atoms with Crippen LogP contribution >= 0.6 is 11.6 Å². The van der Waals surface area contributed by atoms with Crippen molar-refractivity contribution in [2.45, 2.75) is 18.9 Å². The van der Waals surface area contributed by atoms with Crippen LogP contribution in [-0.4, -0.2) is 19.2 Å². The Bertz CT molecular complexity index is 376. The van der Waals surface area contributed by atoms with Crippen molar-refractivity contribution in [2.24, 2.45) is 0 Å². The van der Waals surface area contributed by atoms with Crippen molar-refractivity contribution >= 4 is 17.7 Å². The van der Waals surface area contributed by atoms with Crippen LogP contribution in [0.15, 0.2) is 36.9 Å². The molecule has 1 atom stereocenters. The molecule has 1 aromatic carbocycles. The molecule has 0 bridgehead atoms. The van der Waals surface area contributed by atoms with Gasteiger partial charge in [-0.25, -0.2) is 4.79 Å². The maximum absolute atomic E-state index is 11.2. The highest BCUT2D eigenvalue weighted by Gasteiger charge is 2.11. The molecule has 17 heavy (non-hydrogen) atoms. The molecule has 0 saturated heterocycles. The number of amides is 1. The first-order valence-electron chi connectivity index (χ1n) is 5.35. The van der Waals surface area contributed by atoms with Crippen LogP contribution in [0.3, 0.4) is 0 Å². The zero-order valence-electron chi connectivity index (χ0n) is 9.78. The quantitative estimate of drug-likeness (QED) is 0.819. The van der Waals surface area contributed by atoms with E-state index in [1.165, 1.54) is 7.11 Å². The van der Waals surface area contributed by atoms with Gasteiger partial charge in [-0.1, -0.05) is 29.8 Å². The molecule has 92 valence electrons. The first-order valence-corrected chi connectivity index (χ1v) is 5.73. The Morgan fingerprint density at radius 1 is 1.53 bits per heavy atom. The van der Waals surface area contributed by atoms with E-state index in [1.807, 2.05) is 24.3 Å². The number of nitrogens with one attached hydrogen (secondary N) is 1. The van der Waals surface area contributed by atoms with Gasteiger partial charge in [0.1, 0.15) is 0 Å². The van der Waals surface area contributed by atoms with Crippen LogP contribution in [0.5, 0.6) is 0 Å². The summed E-state index contributed by atoms with van der Waals surface area (Å²) in [4.78, 5) is 11.2. The molecule has 0 aliphatic carbocycles. The molecule has 4 heteroatoms. The van der Waals surface area contributed by atoms with Crippen molar-refractivity contribution in [2.75, 3.05) is 7.11 Å². The van der Waals surface area contributed by atoms with E-state index in [0.29, 0.717) is 11.4 Å². The Labute approximate surface area is 106 Å². The van der Waals surface area contributed by atoms with Gasteiger partial charge in [0.15, 0.2) is 0 Å². The van der Waals surface area contributed by atoms with Crippen LogP contribution in [0.25, 0.3) is 0 Å². The minimum Gasteiger partial charge on any atom is -0.453 e. The van der Waals surface area contributed by atoms with Crippen molar-refractivity contribution < 1.29 is 9.53 Å². The van der Waals surface area contributed by atoms with Gasteiger partial charge in [-0.05, 0) is 30.5 Å². The van der Waals surface area contributed by atoms with Gasteiger partial charge in [0.05, 0.1) is 7.11 Å². The van der Waals surface area contributed by atoms with E-state index >= 15 is 0 Å². The number of hydrogen-bond acceptors (Lipinski definition) is 2. The standard InChI is InChI=1S/C13H16ClNO2/c1-3-4-12(15-13(16)17-2)9-10-5-7-11(14)8-6-10/h3,5-8,12H,1,4,9H2,2H3,(H,15,16)/t12-/m1/s1. The number of rotatable bonds is 5. The normalized spacial score (nSPS) is 11.6. The SMILES string of the molecule is C=CC[C@H](Cc1ccc(Cl)cc1)NC(=O)OC. The summed E-state index contributed by atoms with van der Waals surface area (Å²) in [6, 6.07) is 7.54. The fourth-order valence-electron chi connectivity index (χ4n) is 1.53. The van der Waals surface area contributed by atoms with E-state index in [9.17, 15) is 4.79 Å². The Morgan fingerprint density at radius 2 is 2.18 bits per heavy atom. The molecular weight excluding hydrogens is 238 g/mol. The van der Waals surface area contributed by atoms with Gasteiger partial charge in [-0.15, -0.1) is 6.58 Å². The monoisotopic (exact) mass is 253 g/mol. The Morgan fingerprint density at radius 3 is 2.71 bits per heavy atom. The predicted octanol–water partition coefficient (Wildman–Crippen LogP) is 3.18. The topological polar surface area (TPSA) is 38.3 Å². The molecule has 0 saturated carbocycles. The highest BCUT2D eigenvalue weighted by atomic mass is 35.5. The second-order valence-corrected chi connectivity index (χ2v) is 4.12. The smallest absolute Gasteiger partial charge is 0.407 e. The molecule has 1 rings (SSSR count). The van der Waals surface area contributed by atoms with E-state index in [0.717, 1.165) is 12.0 Å². The zero-order chi connectivity index (χ0) is 12.7. The Hall–Kier alpha value is -1.48. The maximum atomic E-state index is 11.2. The fourth-order valence-corrected chi connectivity index (χ4v) is 1.65. The summed E-state index contributed by atoms with van der Waals surface area (Å²) in [5.74, 6) is 0. The molecule has 0 fully saturated rings. The average Bonchev–Trinajstić information content (AvgIpc) is 2.32. The van der Waals surface area contributed by atoms with Gasteiger partial charge < -0.3 is 10.1 Å². The Kier molecular flexibility index (Phi) is 5.57. The van der Waals surface area contributed by atoms with E-state index in [-0.39, 0.29) is 6.04 Å². The van der Waals surface area contributed by atoms with Gasteiger partial charge in [0.2, 0.25) is 0 Å². The third-order valence-corrected chi connectivity index (χ3v) is 2.61. The molecule has 0 aliphatic rings. The zero-order valence-corrected chi connectivity index (χ0v) is 10.5. The summed E-state index contributed by atoms with van der Waals surface area (Å²) in [5, 5.41) is 3.47. The number of carbonyl (C=O) groups is 1. The number of hydrogen-bond donors (Lipinski definition) is 1. The number of carbonyl (C=O) groups excluding carboxylic acids is 1. The molecule has 1 amide bonds. The van der Waals surface area contributed by atoms with Gasteiger partial charge >= 0.3 is 6.09 Å². The molecule has 0 aliphatic heterocycles. The number of ether oxygens (including phenoxy) is 1. The minimum absolute atomic E-state index is 0.0128. The van der Waals surface area contributed by atoms with Crippen molar-refractivity contribution in [1.82, 2.24) is 5.32 Å². The van der Waals surface area contributed by atoms with E-state index in [4.69, 9.17) is 11.6 Å². The molecule has 1 N–H and O–H groups in total. The maximum Gasteiger partial charge on any atom is 0.407 e. The third kappa shape index (κ3) is 4.91. The van der Waals surface area contributed by atoms with Crippen molar-refractivity contribution in [3.05, 3.63) is 47.5 Å².